The summed E-state index contributed by atoms with van der Waals surface area (Å²) in [6, 6.07) is 6.64. The second-order valence-corrected chi connectivity index (χ2v) is 18.2. The van der Waals surface area contributed by atoms with Gasteiger partial charge in [-0.1, -0.05) is 32.9 Å². The molecular formula is C28H35IN6O6Si. The molecule has 2 aliphatic heterocycles. The van der Waals surface area contributed by atoms with E-state index in [1.54, 1.807) is 46.3 Å². The molecule has 3 aromatic rings. The summed E-state index contributed by atoms with van der Waals surface area (Å²) in [5.41, 5.74) is 0.688. The number of nitrogens with zero attached hydrogens (tertiary/aromatic N) is 5. The first kappa shape index (κ1) is 30.5. The van der Waals surface area contributed by atoms with Gasteiger partial charge in [0.15, 0.2) is 14.0 Å². The first-order chi connectivity index (χ1) is 19.7. The lowest BCUT2D eigenvalue weighted by Crippen LogP contribution is -2.45. The fourth-order valence-electron chi connectivity index (χ4n) is 4.59. The molecule has 0 radical (unpaired) electrons. The molecule has 1 fully saturated rings. The van der Waals surface area contributed by atoms with Crippen molar-refractivity contribution >= 4 is 66.0 Å². The van der Waals surface area contributed by atoms with E-state index in [9.17, 15) is 14.4 Å². The lowest BCUT2D eigenvalue weighted by molar-refractivity contribution is -0.154. The van der Waals surface area contributed by atoms with Gasteiger partial charge in [0.1, 0.15) is 18.4 Å². The van der Waals surface area contributed by atoms with Crippen molar-refractivity contribution < 1.29 is 23.6 Å². The summed E-state index contributed by atoms with van der Waals surface area (Å²) in [6.45, 7) is 11.0. The molecule has 0 bridgehead atoms. The van der Waals surface area contributed by atoms with E-state index in [1.807, 2.05) is 14.1 Å². The van der Waals surface area contributed by atoms with Crippen LogP contribution in [0, 0.1) is 3.57 Å². The number of carbonyl (C=O) groups is 2. The third-order valence-corrected chi connectivity index (χ3v) is 13.3. The Morgan fingerprint density at radius 1 is 1.19 bits per heavy atom. The predicted molar refractivity (Wildman–Crippen MR) is 168 cm³/mol. The van der Waals surface area contributed by atoms with Crippen LogP contribution in [0.5, 0.6) is 0 Å². The lowest BCUT2D eigenvalue weighted by Gasteiger charge is -2.37. The molecular weight excluding hydrogens is 671 g/mol. The standard InChI is InChI=1S/C28H35IN6O6Si/c1-28(2,3)42(6,7)39-14-20-19(41-35-25(37)16-10-8-9-11-17(16)26(35)38)12-21(40-20)34-13-18(29)22-23(34)31-27(32-24(22)36)30-15-33(4)5/h8-11,13,15,19-21H,12,14H2,1-7H3,(H,31,32,36)/t19?,20-,21-/m1/s1. The number of aliphatic imine (C=N–C) groups is 1. The Hall–Kier alpha value is -2.92. The van der Waals surface area contributed by atoms with Crippen LogP contribution in [0.2, 0.25) is 18.1 Å². The van der Waals surface area contributed by atoms with Gasteiger partial charge in [0, 0.05) is 30.3 Å². The van der Waals surface area contributed by atoms with E-state index >= 15 is 0 Å². The maximum Gasteiger partial charge on any atom is 0.285 e. The molecule has 2 amide bonds. The van der Waals surface area contributed by atoms with E-state index < -0.39 is 38.6 Å². The van der Waals surface area contributed by atoms with E-state index in [1.165, 1.54) is 0 Å². The van der Waals surface area contributed by atoms with Gasteiger partial charge >= 0.3 is 0 Å². The molecule has 42 heavy (non-hydrogen) atoms. The molecule has 0 saturated carbocycles. The molecule has 1 N–H and O–H groups in total. The number of rotatable bonds is 8. The van der Waals surface area contributed by atoms with Crippen molar-refractivity contribution in [2.75, 3.05) is 20.7 Å². The number of amides is 2. The van der Waals surface area contributed by atoms with Crippen LogP contribution in [-0.4, -0.2) is 83.9 Å². The van der Waals surface area contributed by atoms with Crippen molar-refractivity contribution in [2.24, 2.45) is 4.99 Å². The smallest absolute Gasteiger partial charge is 0.285 e. The lowest BCUT2D eigenvalue weighted by atomic mass is 10.1. The highest BCUT2D eigenvalue weighted by molar-refractivity contribution is 14.1. The Bertz CT molecular complexity index is 1590. The molecule has 4 heterocycles. The summed E-state index contributed by atoms with van der Waals surface area (Å²) in [5, 5.41) is 1.21. The van der Waals surface area contributed by atoms with Gasteiger partial charge in [-0.05, 0) is 52.9 Å². The van der Waals surface area contributed by atoms with Crippen LogP contribution >= 0.6 is 22.6 Å². The molecule has 2 aromatic heterocycles. The summed E-state index contributed by atoms with van der Waals surface area (Å²) >= 11 is 2.10. The molecule has 1 saturated heterocycles. The summed E-state index contributed by atoms with van der Waals surface area (Å²) in [6.07, 6.45) is 1.73. The number of carbonyl (C=O) groups excluding carboxylic acids is 2. The molecule has 0 spiro atoms. The number of halogens is 1. The first-order valence-corrected chi connectivity index (χ1v) is 17.6. The van der Waals surface area contributed by atoms with Crippen molar-refractivity contribution in [1.29, 1.82) is 0 Å². The van der Waals surface area contributed by atoms with E-state index in [4.69, 9.17) is 14.0 Å². The number of ether oxygens (including phenoxy) is 1. The largest absolute Gasteiger partial charge is 0.414 e. The number of hydroxylamine groups is 2. The van der Waals surface area contributed by atoms with E-state index in [0.29, 0.717) is 25.7 Å². The predicted octanol–water partition coefficient (Wildman–Crippen LogP) is 4.46. The van der Waals surface area contributed by atoms with E-state index in [-0.39, 0.29) is 29.6 Å². The van der Waals surface area contributed by atoms with Gasteiger partial charge < -0.3 is 18.6 Å². The summed E-state index contributed by atoms with van der Waals surface area (Å²) in [4.78, 5) is 58.7. The monoisotopic (exact) mass is 706 g/mol. The minimum Gasteiger partial charge on any atom is -0.414 e. The number of imide groups is 1. The molecule has 12 nitrogen and oxygen atoms in total. The Kier molecular flexibility index (Phi) is 8.21. The maximum atomic E-state index is 13.1. The highest BCUT2D eigenvalue weighted by Crippen LogP contribution is 2.40. The molecule has 224 valence electrons. The van der Waals surface area contributed by atoms with Gasteiger partial charge in [0.05, 0.1) is 29.5 Å². The van der Waals surface area contributed by atoms with Gasteiger partial charge in [-0.15, -0.1) is 5.06 Å². The average molecular weight is 707 g/mol. The zero-order chi connectivity index (χ0) is 30.6. The second kappa shape index (κ2) is 11.3. The number of benzene rings is 1. The third-order valence-electron chi connectivity index (χ3n) is 7.94. The Morgan fingerprint density at radius 2 is 1.83 bits per heavy atom. The van der Waals surface area contributed by atoms with Crippen LogP contribution in [-0.2, 0) is 14.0 Å². The summed E-state index contributed by atoms with van der Waals surface area (Å²) in [7, 11) is 1.47. The number of aromatic amines is 1. The number of nitrogens with one attached hydrogen (secondary N) is 1. The molecule has 2 aliphatic rings. The molecule has 1 unspecified atom stereocenters. The van der Waals surface area contributed by atoms with Crippen LogP contribution in [0.3, 0.4) is 0 Å². The molecule has 3 atom stereocenters. The fraction of sp³-hybridized carbons (Fsp3) is 0.464. The summed E-state index contributed by atoms with van der Waals surface area (Å²) < 4.78 is 15.5. The number of H-pyrrole nitrogens is 1. The Balaban J connectivity index is 1.48. The van der Waals surface area contributed by atoms with Crippen LogP contribution in [0.1, 0.15) is 54.1 Å². The van der Waals surface area contributed by atoms with Crippen molar-refractivity contribution in [3.63, 3.8) is 0 Å². The fourth-order valence-corrected chi connectivity index (χ4v) is 6.39. The normalized spacial score (nSPS) is 21.2. The van der Waals surface area contributed by atoms with Crippen LogP contribution in [0.4, 0.5) is 5.95 Å². The Morgan fingerprint density at radius 3 is 2.43 bits per heavy atom. The number of fused-ring (bicyclic) bond motifs is 2. The number of hydrogen-bond donors (Lipinski definition) is 1. The minimum atomic E-state index is -2.17. The number of hydrogen-bond acceptors (Lipinski definition) is 8. The van der Waals surface area contributed by atoms with Crippen molar-refractivity contribution in [2.45, 2.75) is 63.8 Å². The highest BCUT2D eigenvalue weighted by atomic mass is 127. The SMILES string of the molecule is CN(C)C=Nc1nc2c(c(I)cn2[C@H]2CC(ON3C(=O)c4ccccc4C3=O)[C@@H](CO[Si](C)(C)C(C)(C)C)O2)c(=O)[nH]1. The topological polar surface area (TPSA) is 131 Å². The van der Waals surface area contributed by atoms with Crippen molar-refractivity contribution in [3.05, 3.63) is 55.5 Å². The average Bonchev–Trinajstić information content (AvgIpc) is 3.54. The molecule has 5 rings (SSSR count). The summed E-state index contributed by atoms with van der Waals surface area (Å²) in [5.74, 6) is -0.868. The quantitative estimate of drug-likeness (QED) is 0.120. The number of aromatic nitrogens is 3. The minimum absolute atomic E-state index is 0.0367. The molecule has 14 heteroatoms. The second-order valence-electron chi connectivity index (χ2n) is 12.2. The maximum absolute atomic E-state index is 13.1. The van der Waals surface area contributed by atoms with E-state index in [0.717, 1.165) is 5.06 Å². The van der Waals surface area contributed by atoms with Crippen molar-refractivity contribution in [1.82, 2.24) is 24.5 Å². The molecule has 0 aliphatic carbocycles. The van der Waals surface area contributed by atoms with Crippen LogP contribution < -0.4 is 5.56 Å². The third kappa shape index (κ3) is 5.69. The molecule has 1 aromatic carbocycles. The Labute approximate surface area is 258 Å². The van der Waals surface area contributed by atoms with Gasteiger partial charge in [-0.25, -0.2) is 4.99 Å². The van der Waals surface area contributed by atoms with Crippen LogP contribution in [0.25, 0.3) is 11.0 Å². The van der Waals surface area contributed by atoms with Gasteiger partial charge in [-0.2, -0.15) is 4.98 Å². The first-order valence-electron chi connectivity index (χ1n) is 13.6. The van der Waals surface area contributed by atoms with Crippen LogP contribution in [0.15, 0.2) is 40.2 Å². The van der Waals surface area contributed by atoms with Gasteiger partial charge in [0.2, 0.25) is 5.95 Å². The van der Waals surface area contributed by atoms with Gasteiger partial charge in [0.25, 0.3) is 17.4 Å². The highest BCUT2D eigenvalue weighted by Gasteiger charge is 2.46. The van der Waals surface area contributed by atoms with Crippen molar-refractivity contribution in [3.8, 4) is 0 Å². The zero-order valence-electron chi connectivity index (χ0n) is 24.7. The van der Waals surface area contributed by atoms with Gasteiger partial charge in [-0.3, -0.25) is 24.2 Å². The van der Waals surface area contributed by atoms with E-state index in [2.05, 4.69) is 71.4 Å². The zero-order valence-corrected chi connectivity index (χ0v) is 27.8.